The van der Waals surface area contributed by atoms with Crippen LogP contribution in [0.4, 0.5) is 4.39 Å². The van der Waals surface area contributed by atoms with Crippen LogP contribution < -0.4 is 4.74 Å². The van der Waals surface area contributed by atoms with Crippen LogP contribution in [-0.2, 0) is 5.67 Å². The van der Waals surface area contributed by atoms with Gasteiger partial charge in [0, 0.05) is 5.56 Å². The molecule has 74 valence electrons. The minimum atomic E-state index is -1.88. The normalized spacial score (nSPS) is 14.1. The Morgan fingerprint density at radius 3 is 2.36 bits per heavy atom. The smallest absolute Gasteiger partial charge is 0.220 e. The van der Waals surface area contributed by atoms with Crippen molar-refractivity contribution in [2.24, 2.45) is 0 Å². The van der Waals surface area contributed by atoms with E-state index in [1.54, 1.807) is 44.4 Å². The molecule has 0 aliphatic rings. The number of rotatable bonds is 3. The summed E-state index contributed by atoms with van der Waals surface area (Å²) in [5, 5.41) is 8.71. The van der Waals surface area contributed by atoms with Crippen molar-refractivity contribution in [1.29, 1.82) is 5.26 Å². The van der Waals surface area contributed by atoms with E-state index in [2.05, 4.69) is 0 Å². The molecule has 0 aromatic heterocycles. The Labute approximate surface area is 82.9 Å². The van der Waals surface area contributed by atoms with E-state index >= 15 is 0 Å². The maximum absolute atomic E-state index is 13.8. The quantitative estimate of drug-likeness (QED) is 0.739. The monoisotopic (exact) mass is 193 g/mol. The van der Waals surface area contributed by atoms with Gasteiger partial charge in [0.2, 0.25) is 5.67 Å². The number of benzene rings is 1. The molecule has 0 saturated carbocycles. The van der Waals surface area contributed by atoms with E-state index in [0.717, 1.165) is 0 Å². The van der Waals surface area contributed by atoms with Crippen LogP contribution in [0.25, 0.3) is 0 Å². The average Bonchev–Trinajstić information content (AvgIpc) is 2.28. The van der Waals surface area contributed by atoms with Crippen molar-refractivity contribution in [2.45, 2.75) is 19.0 Å². The number of nitriles is 1. The van der Waals surface area contributed by atoms with Crippen LogP contribution >= 0.6 is 0 Å². The topological polar surface area (TPSA) is 33.0 Å². The van der Waals surface area contributed by atoms with Crippen molar-refractivity contribution in [3.05, 3.63) is 29.8 Å². The van der Waals surface area contributed by atoms with Crippen LogP contribution in [0.2, 0.25) is 0 Å². The molecular formula is C11H12FNO. The lowest BCUT2D eigenvalue weighted by Crippen LogP contribution is -2.15. The van der Waals surface area contributed by atoms with Gasteiger partial charge in [0.15, 0.2) is 0 Å². The zero-order valence-corrected chi connectivity index (χ0v) is 8.25. The van der Waals surface area contributed by atoms with Gasteiger partial charge < -0.3 is 4.74 Å². The molecule has 0 spiro atoms. The number of hydrogen-bond donors (Lipinski definition) is 0. The standard InChI is InChI=1S/C11H12FNO/c1-3-11(12,8-13)9-4-6-10(14-2)7-5-9/h4-7H,3H2,1-2H3/t11-/m1/s1. The van der Waals surface area contributed by atoms with Gasteiger partial charge in [0.05, 0.1) is 7.11 Å². The van der Waals surface area contributed by atoms with Gasteiger partial charge in [-0.25, -0.2) is 4.39 Å². The minimum Gasteiger partial charge on any atom is -0.497 e. The number of methoxy groups -OCH3 is 1. The molecular weight excluding hydrogens is 181 g/mol. The fourth-order valence-corrected chi connectivity index (χ4v) is 1.20. The Morgan fingerprint density at radius 1 is 1.43 bits per heavy atom. The maximum Gasteiger partial charge on any atom is 0.220 e. The molecule has 0 N–H and O–H groups in total. The number of hydrogen-bond acceptors (Lipinski definition) is 2. The van der Waals surface area contributed by atoms with E-state index in [1.807, 2.05) is 0 Å². The van der Waals surface area contributed by atoms with E-state index in [1.165, 1.54) is 0 Å². The molecule has 1 aromatic rings. The number of ether oxygens (including phenoxy) is 1. The van der Waals surface area contributed by atoms with E-state index < -0.39 is 5.67 Å². The molecule has 0 unspecified atom stereocenters. The molecule has 0 bridgehead atoms. The predicted molar refractivity (Wildman–Crippen MR) is 51.7 cm³/mol. The lowest BCUT2D eigenvalue weighted by atomic mass is 9.95. The Morgan fingerprint density at radius 2 is 2.00 bits per heavy atom. The number of alkyl halides is 1. The Balaban J connectivity index is 3.03. The van der Waals surface area contributed by atoms with E-state index in [4.69, 9.17) is 10.00 Å². The zero-order valence-electron chi connectivity index (χ0n) is 8.25. The molecule has 0 aliphatic heterocycles. The predicted octanol–water partition coefficient (Wildman–Crippen LogP) is 2.79. The van der Waals surface area contributed by atoms with E-state index in [9.17, 15) is 4.39 Å². The average molecular weight is 193 g/mol. The minimum absolute atomic E-state index is 0.149. The molecule has 0 aliphatic carbocycles. The van der Waals surface area contributed by atoms with Crippen LogP contribution in [0.5, 0.6) is 5.75 Å². The van der Waals surface area contributed by atoms with E-state index in [0.29, 0.717) is 11.3 Å². The Hall–Kier alpha value is -1.56. The first kappa shape index (κ1) is 10.5. The van der Waals surface area contributed by atoms with Crippen molar-refractivity contribution in [3.63, 3.8) is 0 Å². The summed E-state index contributed by atoms with van der Waals surface area (Å²) in [5.74, 6) is 0.658. The molecule has 14 heavy (non-hydrogen) atoms. The van der Waals surface area contributed by atoms with Gasteiger partial charge in [-0.2, -0.15) is 5.26 Å². The lowest BCUT2D eigenvalue weighted by molar-refractivity contribution is 0.236. The largest absolute Gasteiger partial charge is 0.497 e. The number of halogens is 1. The van der Waals surface area contributed by atoms with Crippen LogP contribution in [0.15, 0.2) is 24.3 Å². The first-order valence-electron chi connectivity index (χ1n) is 4.41. The first-order valence-corrected chi connectivity index (χ1v) is 4.41. The van der Waals surface area contributed by atoms with Crippen molar-refractivity contribution < 1.29 is 9.13 Å². The molecule has 1 rings (SSSR count). The molecule has 0 amide bonds. The summed E-state index contributed by atoms with van der Waals surface area (Å²) in [7, 11) is 1.54. The Kier molecular flexibility index (Phi) is 3.08. The second-order valence-corrected chi connectivity index (χ2v) is 3.00. The molecule has 0 heterocycles. The summed E-state index contributed by atoms with van der Waals surface area (Å²) in [5.41, 5.74) is -1.50. The van der Waals surface area contributed by atoms with E-state index in [-0.39, 0.29) is 6.42 Å². The highest BCUT2D eigenvalue weighted by molar-refractivity contribution is 5.34. The van der Waals surface area contributed by atoms with Gasteiger partial charge in [0.1, 0.15) is 11.8 Å². The van der Waals surface area contributed by atoms with Gasteiger partial charge in [0.25, 0.3) is 0 Å². The van der Waals surface area contributed by atoms with Crippen molar-refractivity contribution in [2.75, 3.05) is 7.11 Å². The van der Waals surface area contributed by atoms with Crippen LogP contribution in [0.3, 0.4) is 0 Å². The maximum atomic E-state index is 13.8. The molecule has 2 nitrogen and oxygen atoms in total. The summed E-state index contributed by atoms with van der Waals surface area (Å²) in [4.78, 5) is 0. The summed E-state index contributed by atoms with van der Waals surface area (Å²) in [6, 6.07) is 8.12. The third kappa shape index (κ3) is 1.85. The van der Waals surface area contributed by atoms with Crippen molar-refractivity contribution in [1.82, 2.24) is 0 Å². The highest BCUT2D eigenvalue weighted by atomic mass is 19.1. The van der Waals surface area contributed by atoms with Gasteiger partial charge in [-0.1, -0.05) is 19.1 Å². The molecule has 3 heteroatoms. The fraction of sp³-hybridized carbons (Fsp3) is 0.364. The third-order valence-corrected chi connectivity index (χ3v) is 2.21. The first-order chi connectivity index (χ1) is 6.66. The number of nitrogens with zero attached hydrogens (tertiary/aromatic N) is 1. The van der Waals surface area contributed by atoms with Crippen molar-refractivity contribution >= 4 is 0 Å². The van der Waals surface area contributed by atoms with Gasteiger partial charge >= 0.3 is 0 Å². The molecule has 0 radical (unpaired) electrons. The SMILES string of the molecule is CC[C@@](F)(C#N)c1ccc(OC)cc1. The molecule has 1 atom stereocenters. The molecule has 0 saturated heterocycles. The highest BCUT2D eigenvalue weighted by Crippen LogP contribution is 2.29. The van der Waals surface area contributed by atoms with Crippen molar-refractivity contribution in [3.8, 4) is 11.8 Å². The van der Waals surface area contributed by atoms with Gasteiger partial charge in [-0.3, -0.25) is 0 Å². The summed E-state index contributed by atoms with van der Waals surface area (Å²) in [6.07, 6.45) is 0.149. The van der Waals surface area contributed by atoms with Crippen LogP contribution in [0.1, 0.15) is 18.9 Å². The fourth-order valence-electron chi connectivity index (χ4n) is 1.20. The lowest BCUT2D eigenvalue weighted by Gasteiger charge is -2.15. The highest BCUT2D eigenvalue weighted by Gasteiger charge is 2.29. The second-order valence-electron chi connectivity index (χ2n) is 3.00. The summed E-state index contributed by atoms with van der Waals surface area (Å²) < 4.78 is 18.8. The molecule has 0 fully saturated rings. The summed E-state index contributed by atoms with van der Waals surface area (Å²) >= 11 is 0. The Bertz CT molecular complexity index is 341. The van der Waals surface area contributed by atoms with Crippen LogP contribution in [0, 0.1) is 11.3 Å². The zero-order chi connectivity index (χ0) is 10.6. The van der Waals surface area contributed by atoms with Gasteiger partial charge in [-0.05, 0) is 18.6 Å². The third-order valence-electron chi connectivity index (χ3n) is 2.21. The summed E-state index contributed by atoms with van der Waals surface area (Å²) in [6.45, 7) is 1.65. The molecule has 1 aromatic carbocycles. The van der Waals surface area contributed by atoms with Crippen LogP contribution in [-0.4, -0.2) is 7.11 Å². The second kappa shape index (κ2) is 4.10. The van der Waals surface area contributed by atoms with Gasteiger partial charge in [-0.15, -0.1) is 0 Å².